The number of aryl methyl sites for hydroxylation is 2. The second-order valence-electron chi connectivity index (χ2n) is 5.16. The van der Waals surface area contributed by atoms with Crippen molar-refractivity contribution >= 4 is 5.69 Å². The molecule has 0 fully saturated rings. The number of likely N-dealkylation sites (N-methyl/N-ethyl adjacent to an activating group) is 1. The molecule has 0 spiro atoms. The van der Waals surface area contributed by atoms with Crippen LogP contribution in [0.3, 0.4) is 0 Å². The number of hydrogen-bond acceptors (Lipinski definition) is 3. The Morgan fingerprint density at radius 2 is 2.10 bits per heavy atom. The van der Waals surface area contributed by atoms with Crippen LogP contribution in [0.2, 0.25) is 0 Å². The highest BCUT2D eigenvalue weighted by atomic mass is 15.2. The Morgan fingerprint density at radius 3 is 2.75 bits per heavy atom. The molecular weight excluding hydrogens is 248 g/mol. The fourth-order valence-corrected chi connectivity index (χ4v) is 2.64. The molecule has 108 valence electrons. The zero-order valence-corrected chi connectivity index (χ0v) is 12.6. The lowest BCUT2D eigenvalue weighted by Gasteiger charge is -2.31. The van der Waals surface area contributed by atoms with Gasteiger partial charge in [0.05, 0.1) is 24.3 Å². The van der Waals surface area contributed by atoms with Crippen molar-refractivity contribution in [3.63, 3.8) is 0 Å². The number of aromatic nitrogens is 2. The maximum absolute atomic E-state index is 6.03. The molecule has 1 heterocycles. The Hall–Kier alpha value is -1.81. The van der Waals surface area contributed by atoms with Gasteiger partial charge in [-0.05, 0) is 25.0 Å². The van der Waals surface area contributed by atoms with Crippen LogP contribution in [-0.2, 0) is 6.54 Å². The van der Waals surface area contributed by atoms with E-state index in [1.165, 1.54) is 16.9 Å². The van der Waals surface area contributed by atoms with Gasteiger partial charge in [-0.3, -0.25) is 0 Å². The first kappa shape index (κ1) is 14.6. The minimum atomic E-state index is 0.144. The summed E-state index contributed by atoms with van der Waals surface area (Å²) in [7, 11) is 2.10. The standard InChI is InChI=1S/C16H24N4/c1-4-9-20-12-18-11-16(20)15(10-17)19(3)14-8-6-5-7-13(14)2/h5-8,11-12,15H,4,9-10,17H2,1-3H3. The van der Waals surface area contributed by atoms with E-state index >= 15 is 0 Å². The summed E-state index contributed by atoms with van der Waals surface area (Å²) in [6.45, 7) is 5.85. The lowest BCUT2D eigenvalue weighted by Crippen LogP contribution is -2.32. The highest BCUT2D eigenvalue weighted by Crippen LogP contribution is 2.27. The van der Waals surface area contributed by atoms with Crippen molar-refractivity contribution in [2.24, 2.45) is 5.73 Å². The summed E-state index contributed by atoms with van der Waals surface area (Å²) in [4.78, 5) is 6.54. The van der Waals surface area contributed by atoms with Gasteiger partial charge in [-0.25, -0.2) is 4.98 Å². The predicted octanol–water partition coefficient (Wildman–Crippen LogP) is 2.74. The number of anilines is 1. The van der Waals surface area contributed by atoms with Crippen molar-refractivity contribution in [2.75, 3.05) is 18.5 Å². The molecule has 1 atom stereocenters. The molecule has 20 heavy (non-hydrogen) atoms. The van der Waals surface area contributed by atoms with E-state index in [-0.39, 0.29) is 6.04 Å². The van der Waals surface area contributed by atoms with Gasteiger partial charge in [-0.15, -0.1) is 0 Å². The fourth-order valence-electron chi connectivity index (χ4n) is 2.64. The van der Waals surface area contributed by atoms with E-state index in [9.17, 15) is 0 Å². The van der Waals surface area contributed by atoms with Crippen molar-refractivity contribution in [2.45, 2.75) is 32.9 Å². The minimum absolute atomic E-state index is 0.144. The van der Waals surface area contributed by atoms with Gasteiger partial charge in [0.15, 0.2) is 0 Å². The summed E-state index contributed by atoms with van der Waals surface area (Å²) >= 11 is 0. The van der Waals surface area contributed by atoms with Crippen LogP contribution in [0.5, 0.6) is 0 Å². The summed E-state index contributed by atoms with van der Waals surface area (Å²) in [5.41, 5.74) is 9.69. The summed E-state index contributed by atoms with van der Waals surface area (Å²) < 4.78 is 2.20. The maximum atomic E-state index is 6.03. The molecule has 0 aliphatic heterocycles. The van der Waals surface area contributed by atoms with E-state index in [0.717, 1.165) is 13.0 Å². The Balaban J connectivity index is 2.32. The molecule has 2 rings (SSSR count). The zero-order chi connectivity index (χ0) is 14.5. The first-order valence-electron chi connectivity index (χ1n) is 7.17. The van der Waals surface area contributed by atoms with Crippen LogP contribution in [0.15, 0.2) is 36.8 Å². The fraction of sp³-hybridized carbons (Fsp3) is 0.438. The van der Waals surface area contributed by atoms with Crippen molar-refractivity contribution in [3.8, 4) is 0 Å². The molecule has 0 amide bonds. The molecule has 1 aromatic heterocycles. The number of imidazole rings is 1. The van der Waals surface area contributed by atoms with Gasteiger partial charge in [0.2, 0.25) is 0 Å². The highest BCUT2D eigenvalue weighted by Gasteiger charge is 2.20. The second kappa shape index (κ2) is 6.57. The normalized spacial score (nSPS) is 12.4. The molecule has 0 saturated carbocycles. The Labute approximate surface area is 121 Å². The first-order valence-corrected chi connectivity index (χ1v) is 7.17. The zero-order valence-electron chi connectivity index (χ0n) is 12.6. The predicted molar refractivity (Wildman–Crippen MR) is 83.9 cm³/mol. The highest BCUT2D eigenvalue weighted by molar-refractivity contribution is 5.53. The smallest absolute Gasteiger partial charge is 0.0948 e. The third kappa shape index (κ3) is 2.85. The minimum Gasteiger partial charge on any atom is -0.364 e. The maximum Gasteiger partial charge on any atom is 0.0948 e. The lowest BCUT2D eigenvalue weighted by atomic mass is 10.1. The van der Waals surface area contributed by atoms with Crippen molar-refractivity contribution in [1.82, 2.24) is 9.55 Å². The number of benzene rings is 1. The Morgan fingerprint density at radius 1 is 1.35 bits per heavy atom. The van der Waals surface area contributed by atoms with Crippen LogP contribution in [0, 0.1) is 6.92 Å². The third-order valence-corrected chi connectivity index (χ3v) is 3.74. The SMILES string of the molecule is CCCn1cncc1C(CN)N(C)c1ccccc1C. The van der Waals surface area contributed by atoms with Crippen LogP contribution in [0.1, 0.15) is 30.6 Å². The van der Waals surface area contributed by atoms with Crippen molar-refractivity contribution < 1.29 is 0 Å². The number of nitrogens with zero attached hydrogens (tertiary/aromatic N) is 3. The number of rotatable bonds is 6. The number of nitrogens with two attached hydrogens (primary N) is 1. The van der Waals surface area contributed by atoms with Gasteiger partial charge in [-0.1, -0.05) is 25.1 Å². The van der Waals surface area contributed by atoms with Gasteiger partial charge < -0.3 is 15.2 Å². The van der Waals surface area contributed by atoms with Gasteiger partial charge in [0, 0.05) is 25.8 Å². The van der Waals surface area contributed by atoms with E-state index < -0.39 is 0 Å². The lowest BCUT2D eigenvalue weighted by molar-refractivity contribution is 0.578. The Kier molecular flexibility index (Phi) is 4.79. The summed E-state index contributed by atoms with van der Waals surface area (Å²) in [5, 5.41) is 0. The quantitative estimate of drug-likeness (QED) is 0.879. The summed E-state index contributed by atoms with van der Waals surface area (Å²) in [6.07, 6.45) is 4.92. The molecule has 4 nitrogen and oxygen atoms in total. The molecule has 2 aromatic rings. The Bertz CT molecular complexity index is 547. The number of para-hydroxylation sites is 1. The monoisotopic (exact) mass is 272 g/mol. The summed E-state index contributed by atoms with van der Waals surface area (Å²) in [5.74, 6) is 0. The molecule has 4 heteroatoms. The first-order chi connectivity index (χ1) is 9.69. The second-order valence-corrected chi connectivity index (χ2v) is 5.16. The average Bonchev–Trinajstić information content (AvgIpc) is 2.89. The van der Waals surface area contributed by atoms with Crippen LogP contribution < -0.4 is 10.6 Å². The topological polar surface area (TPSA) is 47.1 Å². The largest absolute Gasteiger partial charge is 0.364 e. The molecule has 0 saturated heterocycles. The molecule has 0 bridgehead atoms. The van der Waals surface area contributed by atoms with Crippen LogP contribution in [0.4, 0.5) is 5.69 Å². The molecule has 1 unspecified atom stereocenters. The van der Waals surface area contributed by atoms with E-state index in [4.69, 9.17) is 5.73 Å². The molecule has 0 aliphatic rings. The van der Waals surface area contributed by atoms with Crippen molar-refractivity contribution in [1.29, 1.82) is 0 Å². The third-order valence-electron chi connectivity index (χ3n) is 3.74. The van der Waals surface area contributed by atoms with E-state index in [2.05, 4.69) is 59.6 Å². The van der Waals surface area contributed by atoms with E-state index in [0.29, 0.717) is 6.54 Å². The molecule has 0 aliphatic carbocycles. The van der Waals surface area contributed by atoms with Crippen LogP contribution in [-0.4, -0.2) is 23.1 Å². The average molecular weight is 272 g/mol. The van der Waals surface area contributed by atoms with Gasteiger partial charge in [-0.2, -0.15) is 0 Å². The van der Waals surface area contributed by atoms with E-state index in [1.54, 1.807) is 0 Å². The molecule has 1 aromatic carbocycles. The van der Waals surface area contributed by atoms with Crippen LogP contribution in [0.25, 0.3) is 0 Å². The van der Waals surface area contributed by atoms with Gasteiger partial charge in [0.1, 0.15) is 0 Å². The molecule has 2 N–H and O–H groups in total. The van der Waals surface area contributed by atoms with Gasteiger partial charge >= 0.3 is 0 Å². The van der Waals surface area contributed by atoms with E-state index in [1.807, 2.05) is 12.5 Å². The van der Waals surface area contributed by atoms with Crippen molar-refractivity contribution in [3.05, 3.63) is 48.0 Å². The molecular formula is C16H24N4. The molecule has 0 radical (unpaired) electrons. The summed E-state index contributed by atoms with van der Waals surface area (Å²) in [6, 6.07) is 8.54. The van der Waals surface area contributed by atoms with Crippen LogP contribution >= 0.6 is 0 Å². The number of hydrogen-bond donors (Lipinski definition) is 1. The van der Waals surface area contributed by atoms with Gasteiger partial charge in [0.25, 0.3) is 0 Å².